The van der Waals surface area contributed by atoms with Gasteiger partial charge in [0.2, 0.25) is 11.7 Å². The average molecular weight is 541 g/mol. The summed E-state index contributed by atoms with van der Waals surface area (Å²) in [6.45, 7) is 0.743. The van der Waals surface area contributed by atoms with Crippen molar-refractivity contribution in [1.29, 1.82) is 0 Å². The number of aliphatic hydroxyl groups excluding tert-OH is 2. The summed E-state index contributed by atoms with van der Waals surface area (Å²) in [6, 6.07) is 7.45. The molecule has 0 spiro atoms. The van der Waals surface area contributed by atoms with Crippen LogP contribution in [0.1, 0.15) is 40.7 Å². The van der Waals surface area contributed by atoms with Crippen molar-refractivity contribution in [3.8, 4) is 11.5 Å². The van der Waals surface area contributed by atoms with Gasteiger partial charge in [0.05, 0.1) is 25.7 Å². The number of aliphatic hydroxyl groups is 2. The van der Waals surface area contributed by atoms with Gasteiger partial charge in [0.15, 0.2) is 11.5 Å². The SMILES string of the molecule is CCC(=O)C(=O)N(Cc1ccccc1F)[C@@H]1C=C(C(=O)NCCO)[C@@H]2c3cc(C=O)cc(OC)c3O[C@@H]2[C@H]1O. The van der Waals surface area contributed by atoms with E-state index in [9.17, 15) is 33.8 Å². The molecular weight excluding hydrogens is 511 g/mol. The van der Waals surface area contributed by atoms with Crippen molar-refractivity contribution in [3.63, 3.8) is 0 Å². The Balaban J connectivity index is 1.86. The second-order valence-corrected chi connectivity index (χ2v) is 9.20. The molecule has 1 heterocycles. The van der Waals surface area contributed by atoms with Crippen molar-refractivity contribution in [3.05, 3.63) is 70.6 Å². The number of methoxy groups -OCH3 is 1. The van der Waals surface area contributed by atoms with Gasteiger partial charge in [-0.1, -0.05) is 25.1 Å². The Kier molecular flexibility index (Phi) is 8.41. The topological polar surface area (TPSA) is 142 Å². The highest BCUT2D eigenvalue weighted by molar-refractivity contribution is 6.36. The molecule has 2 aliphatic rings. The predicted molar refractivity (Wildman–Crippen MR) is 136 cm³/mol. The van der Waals surface area contributed by atoms with Crippen LogP contribution in [0.15, 0.2) is 48.0 Å². The molecule has 39 heavy (non-hydrogen) atoms. The third kappa shape index (κ3) is 5.27. The van der Waals surface area contributed by atoms with Gasteiger partial charge >= 0.3 is 0 Å². The molecule has 2 amide bonds. The number of aldehydes is 1. The smallest absolute Gasteiger partial charge is 0.290 e. The van der Waals surface area contributed by atoms with Crippen LogP contribution in [0.25, 0.3) is 0 Å². The fraction of sp³-hybridized carbons (Fsp3) is 0.357. The maximum atomic E-state index is 14.6. The zero-order valence-electron chi connectivity index (χ0n) is 21.4. The zero-order valence-corrected chi connectivity index (χ0v) is 21.4. The van der Waals surface area contributed by atoms with E-state index in [2.05, 4.69) is 5.32 Å². The number of ketones is 1. The minimum atomic E-state index is -1.46. The van der Waals surface area contributed by atoms with Gasteiger partial charge in [-0.25, -0.2) is 4.39 Å². The molecule has 1 aliphatic carbocycles. The summed E-state index contributed by atoms with van der Waals surface area (Å²) >= 11 is 0. The monoisotopic (exact) mass is 540 g/mol. The molecule has 0 saturated carbocycles. The van der Waals surface area contributed by atoms with Crippen molar-refractivity contribution in [2.75, 3.05) is 20.3 Å². The van der Waals surface area contributed by atoms with E-state index in [1.807, 2.05) is 0 Å². The quantitative estimate of drug-likeness (QED) is 0.302. The van der Waals surface area contributed by atoms with E-state index >= 15 is 0 Å². The van der Waals surface area contributed by atoms with E-state index in [1.165, 1.54) is 50.4 Å². The van der Waals surface area contributed by atoms with E-state index in [0.29, 0.717) is 11.8 Å². The number of halogens is 1. The normalized spacial score (nSPS) is 21.1. The highest BCUT2D eigenvalue weighted by Gasteiger charge is 2.51. The molecule has 0 bridgehead atoms. The zero-order chi connectivity index (χ0) is 28.3. The lowest BCUT2D eigenvalue weighted by molar-refractivity contribution is -0.148. The minimum Gasteiger partial charge on any atom is -0.493 e. The van der Waals surface area contributed by atoms with Crippen LogP contribution < -0.4 is 14.8 Å². The maximum absolute atomic E-state index is 14.6. The Hall–Kier alpha value is -4.09. The fourth-order valence-electron chi connectivity index (χ4n) is 4.99. The van der Waals surface area contributed by atoms with Gasteiger partial charge in [-0.05, 0) is 24.3 Å². The first-order valence-corrected chi connectivity index (χ1v) is 12.4. The molecule has 0 radical (unpaired) electrons. The van der Waals surface area contributed by atoms with Crippen LogP contribution in [0.4, 0.5) is 4.39 Å². The van der Waals surface area contributed by atoms with Gasteiger partial charge in [-0.15, -0.1) is 0 Å². The van der Waals surface area contributed by atoms with Crippen LogP contribution >= 0.6 is 0 Å². The second-order valence-electron chi connectivity index (χ2n) is 9.20. The Labute approximate surface area is 224 Å². The van der Waals surface area contributed by atoms with Crippen molar-refractivity contribution >= 4 is 23.9 Å². The molecule has 11 heteroatoms. The highest BCUT2D eigenvalue weighted by atomic mass is 19.1. The minimum absolute atomic E-state index is 0.0710. The number of fused-ring (bicyclic) bond motifs is 3. The molecule has 0 aromatic heterocycles. The number of carbonyl (C=O) groups is 4. The van der Waals surface area contributed by atoms with Crippen LogP contribution in [-0.2, 0) is 20.9 Å². The van der Waals surface area contributed by atoms with Gasteiger partial charge in [0.1, 0.15) is 24.3 Å². The van der Waals surface area contributed by atoms with Crippen LogP contribution in [0.3, 0.4) is 0 Å². The van der Waals surface area contributed by atoms with Gasteiger partial charge < -0.3 is 29.9 Å². The number of Topliss-reactive ketones (excluding diaryl/α,β-unsaturated/α-hetero) is 1. The Morgan fingerprint density at radius 3 is 2.62 bits per heavy atom. The number of ether oxygens (including phenoxy) is 2. The molecule has 0 fully saturated rings. The molecule has 2 aromatic rings. The largest absolute Gasteiger partial charge is 0.493 e. The summed E-state index contributed by atoms with van der Waals surface area (Å²) in [5.41, 5.74) is 0.868. The van der Waals surface area contributed by atoms with E-state index in [-0.39, 0.29) is 54.3 Å². The molecule has 206 valence electrons. The number of nitrogens with zero attached hydrogens (tertiary/aromatic N) is 1. The molecule has 10 nitrogen and oxygen atoms in total. The van der Waals surface area contributed by atoms with Gasteiger partial charge in [0, 0.05) is 41.8 Å². The van der Waals surface area contributed by atoms with E-state index in [1.54, 1.807) is 6.07 Å². The molecule has 4 rings (SSSR count). The lowest BCUT2D eigenvalue weighted by Gasteiger charge is -2.40. The highest BCUT2D eigenvalue weighted by Crippen LogP contribution is 2.51. The van der Waals surface area contributed by atoms with E-state index < -0.39 is 47.6 Å². The third-order valence-corrected chi connectivity index (χ3v) is 6.89. The fourth-order valence-corrected chi connectivity index (χ4v) is 4.99. The van der Waals surface area contributed by atoms with Crippen LogP contribution in [0.2, 0.25) is 0 Å². The number of carbonyl (C=O) groups excluding carboxylic acids is 4. The Morgan fingerprint density at radius 1 is 1.23 bits per heavy atom. The number of hydrogen-bond donors (Lipinski definition) is 3. The number of benzene rings is 2. The van der Waals surface area contributed by atoms with Crippen LogP contribution in [-0.4, -0.2) is 77.5 Å². The predicted octanol–water partition coefficient (Wildman–Crippen LogP) is 1.28. The Morgan fingerprint density at radius 2 is 1.97 bits per heavy atom. The average Bonchev–Trinajstić information content (AvgIpc) is 3.34. The summed E-state index contributed by atoms with van der Waals surface area (Å²) in [5, 5.41) is 23.4. The maximum Gasteiger partial charge on any atom is 0.290 e. The number of nitrogens with one attached hydrogen (secondary N) is 1. The third-order valence-electron chi connectivity index (χ3n) is 6.89. The Bertz CT molecular complexity index is 1330. The summed E-state index contributed by atoms with van der Waals surface area (Å²) in [5.74, 6) is -3.37. The van der Waals surface area contributed by atoms with Gasteiger partial charge in [-0.3, -0.25) is 19.2 Å². The lowest BCUT2D eigenvalue weighted by atomic mass is 9.77. The molecule has 4 atom stereocenters. The van der Waals surface area contributed by atoms with Crippen molar-refractivity contribution in [2.45, 2.75) is 44.1 Å². The summed E-state index contributed by atoms with van der Waals surface area (Å²) in [4.78, 5) is 51.7. The standard InChI is InChI=1S/C28H29FN2O8/c1-3-21(34)28(37)31(13-16-6-4-5-7-19(16)29)20-12-18(27(36)30-8-9-32)23-17-10-15(14-33)11-22(38-2)25(17)39-26(23)24(20)35/h4-7,10-12,14,20,23-24,26,32,35H,3,8-9,13H2,1-2H3,(H,30,36)/t20-,23+,24+,26+/m1/s1. The van der Waals surface area contributed by atoms with E-state index in [0.717, 1.165) is 4.90 Å². The van der Waals surface area contributed by atoms with E-state index in [4.69, 9.17) is 9.47 Å². The van der Waals surface area contributed by atoms with Crippen LogP contribution in [0, 0.1) is 5.82 Å². The molecular formula is C28H29FN2O8. The number of rotatable bonds is 10. The second kappa shape index (κ2) is 11.7. The summed E-state index contributed by atoms with van der Waals surface area (Å²) in [7, 11) is 1.38. The molecule has 0 saturated heterocycles. The molecule has 3 N–H and O–H groups in total. The van der Waals surface area contributed by atoms with Crippen LogP contribution in [0.5, 0.6) is 11.5 Å². The molecule has 2 aromatic carbocycles. The van der Waals surface area contributed by atoms with Crippen molar-refractivity contribution in [2.24, 2.45) is 0 Å². The first kappa shape index (κ1) is 27.9. The summed E-state index contributed by atoms with van der Waals surface area (Å²) < 4.78 is 26.1. The van der Waals surface area contributed by atoms with Gasteiger partial charge in [-0.2, -0.15) is 0 Å². The van der Waals surface area contributed by atoms with Crippen molar-refractivity contribution in [1.82, 2.24) is 10.2 Å². The van der Waals surface area contributed by atoms with Crippen molar-refractivity contribution < 1.29 is 43.3 Å². The van der Waals surface area contributed by atoms with Gasteiger partial charge in [0.25, 0.3) is 5.91 Å². The molecule has 1 aliphatic heterocycles. The summed E-state index contributed by atoms with van der Waals surface area (Å²) in [6.07, 6.45) is -0.727. The molecule has 0 unspecified atom stereocenters. The number of hydrogen-bond acceptors (Lipinski definition) is 8. The first-order chi connectivity index (χ1) is 18.7. The first-order valence-electron chi connectivity index (χ1n) is 12.4. The number of amides is 2. The lowest BCUT2D eigenvalue weighted by Crippen LogP contribution is -2.56.